The Morgan fingerprint density at radius 1 is 0.867 bits per heavy atom. The van der Waals surface area contributed by atoms with Crippen molar-refractivity contribution in [3.05, 3.63) is 59.2 Å². The molecule has 160 valence electrons. The van der Waals surface area contributed by atoms with E-state index in [2.05, 4.69) is 18.8 Å². The number of para-hydroxylation sites is 1. The van der Waals surface area contributed by atoms with Gasteiger partial charge in [0.05, 0.1) is 5.52 Å². The summed E-state index contributed by atoms with van der Waals surface area (Å²) in [6, 6.07) is 12.7. The molecule has 0 aliphatic heterocycles. The zero-order valence-corrected chi connectivity index (χ0v) is 19.2. The first-order chi connectivity index (χ1) is 14.0. The van der Waals surface area contributed by atoms with Gasteiger partial charge in [0.15, 0.2) is 5.75 Å². The summed E-state index contributed by atoms with van der Waals surface area (Å²) in [5, 5.41) is 0.603. The first-order valence-electron chi connectivity index (χ1n) is 10.3. The van der Waals surface area contributed by atoms with Crippen LogP contribution in [-0.4, -0.2) is 13.4 Å². The maximum atomic E-state index is 13.6. The Hall–Kier alpha value is -2.60. The molecule has 0 spiro atoms. The van der Waals surface area contributed by atoms with Crippen molar-refractivity contribution in [2.24, 2.45) is 0 Å². The van der Waals surface area contributed by atoms with Crippen LogP contribution in [0.2, 0.25) is 0 Å². The topological polar surface area (TPSA) is 82.3 Å². The third-order valence-electron chi connectivity index (χ3n) is 5.23. The van der Waals surface area contributed by atoms with Crippen LogP contribution in [0.1, 0.15) is 76.0 Å². The van der Waals surface area contributed by atoms with Gasteiger partial charge in [-0.1, -0.05) is 65.8 Å². The van der Waals surface area contributed by atoms with Crippen LogP contribution in [0.25, 0.3) is 10.9 Å². The molecule has 3 rings (SSSR count). The average Bonchev–Trinajstić information content (AvgIpc) is 2.66. The zero-order chi connectivity index (χ0) is 22.2. The van der Waals surface area contributed by atoms with E-state index in [4.69, 9.17) is 9.92 Å². The van der Waals surface area contributed by atoms with Crippen molar-refractivity contribution in [2.75, 3.05) is 5.73 Å². The lowest BCUT2D eigenvalue weighted by Crippen LogP contribution is -2.17. The number of pyridine rings is 1. The number of fused-ring (bicyclic) bond motifs is 1. The Kier molecular flexibility index (Phi) is 6.09. The predicted molar refractivity (Wildman–Crippen MR) is 123 cm³/mol. The maximum absolute atomic E-state index is 13.6. The number of hydrogen-bond donors (Lipinski definition) is 1. The lowest BCUT2D eigenvalue weighted by atomic mass is 9.89. The number of hydrogen-bond acceptors (Lipinski definition) is 5. The fraction of sp³-hybridized carbons (Fsp3) is 0.375. The standard InChI is InChI=1S/C24H30N2O3S/c1-14(2)17-11-19(15(3)4)24(20(12-17)16(5)6)30(27,28)29-22-13-23(25)26-21-10-8-7-9-18(21)22/h7-16H,1-6H3,(H2,25,26). The van der Waals surface area contributed by atoms with Crippen LogP contribution in [-0.2, 0) is 10.1 Å². The van der Waals surface area contributed by atoms with Gasteiger partial charge in [0, 0.05) is 11.5 Å². The van der Waals surface area contributed by atoms with Gasteiger partial charge in [0.1, 0.15) is 10.7 Å². The van der Waals surface area contributed by atoms with Crippen molar-refractivity contribution < 1.29 is 12.6 Å². The highest BCUT2D eigenvalue weighted by molar-refractivity contribution is 7.87. The molecule has 2 aromatic carbocycles. The summed E-state index contributed by atoms with van der Waals surface area (Å²) in [7, 11) is -4.10. The van der Waals surface area contributed by atoms with Gasteiger partial charge in [-0.3, -0.25) is 0 Å². The second kappa shape index (κ2) is 8.26. The van der Waals surface area contributed by atoms with E-state index in [1.54, 1.807) is 12.1 Å². The van der Waals surface area contributed by atoms with Crippen LogP contribution >= 0.6 is 0 Å². The van der Waals surface area contributed by atoms with Crippen LogP contribution in [0.15, 0.2) is 47.4 Å². The summed E-state index contributed by atoms with van der Waals surface area (Å²) in [6.07, 6.45) is 0. The van der Waals surface area contributed by atoms with Crippen LogP contribution in [0.4, 0.5) is 5.82 Å². The monoisotopic (exact) mass is 426 g/mol. The maximum Gasteiger partial charge on any atom is 0.339 e. The van der Waals surface area contributed by atoms with E-state index in [0.29, 0.717) is 16.8 Å². The molecule has 5 nitrogen and oxygen atoms in total. The molecule has 1 heterocycles. The second-order valence-corrected chi connectivity index (χ2v) is 10.1. The van der Waals surface area contributed by atoms with Gasteiger partial charge in [-0.2, -0.15) is 8.42 Å². The molecule has 0 unspecified atom stereocenters. The third kappa shape index (κ3) is 4.29. The molecule has 2 N–H and O–H groups in total. The number of benzene rings is 2. The fourth-order valence-electron chi connectivity index (χ4n) is 3.57. The van der Waals surface area contributed by atoms with E-state index in [-0.39, 0.29) is 28.3 Å². The zero-order valence-electron chi connectivity index (χ0n) is 18.4. The minimum absolute atomic E-state index is 0.0221. The highest BCUT2D eigenvalue weighted by Crippen LogP contribution is 2.37. The SMILES string of the molecule is CC(C)c1cc(C(C)C)c(S(=O)(=O)Oc2cc(N)nc3ccccc23)c(C(C)C)c1. The van der Waals surface area contributed by atoms with Gasteiger partial charge in [0.2, 0.25) is 0 Å². The molecule has 1 aromatic heterocycles. The van der Waals surface area contributed by atoms with E-state index < -0.39 is 10.1 Å². The molecule has 0 saturated heterocycles. The minimum Gasteiger partial charge on any atom is -0.384 e. The number of nitrogen functional groups attached to an aromatic ring is 1. The Balaban J connectivity index is 2.24. The molecular formula is C24H30N2O3S. The van der Waals surface area contributed by atoms with E-state index in [0.717, 1.165) is 16.7 Å². The third-order valence-corrected chi connectivity index (χ3v) is 6.60. The summed E-state index contributed by atoms with van der Waals surface area (Å²) in [4.78, 5) is 4.53. The molecule has 0 aliphatic carbocycles. The van der Waals surface area contributed by atoms with Crippen LogP contribution in [0.5, 0.6) is 5.75 Å². The number of nitrogens with two attached hydrogens (primary N) is 1. The number of nitrogens with zero attached hydrogens (tertiary/aromatic N) is 1. The summed E-state index contributed by atoms with van der Waals surface area (Å²) in [5.41, 5.74) is 9.17. The van der Waals surface area contributed by atoms with Crippen LogP contribution in [0.3, 0.4) is 0 Å². The Morgan fingerprint density at radius 2 is 1.43 bits per heavy atom. The molecule has 0 radical (unpaired) electrons. The lowest BCUT2D eigenvalue weighted by Gasteiger charge is -2.22. The second-order valence-electron chi connectivity index (χ2n) is 8.59. The number of aromatic nitrogens is 1. The molecular weight excluding hydrogens is 396 g/mol. The Labute approximate surface area is 179 Å². The molecule has 0 atom stereocenters. The summed E-state index contributed by atoms with van der Waals surface area (Å²) < 4.78 is 32.9. The lowest BCUT2D eigenvalue weighted by molar-refractivity contribution is 0.484. The van der Waals surface area contributed by atoms with Crippen molar-refractivity contribution in [3.63, 3.8) is 0 Å². The Bertz CT molecular complexity index is 1150. The largest absolute Gasteiger partial charge is 0.384 e. The fourth-order valence-corrected chi connectivity index (χ4v) is 5.19. The molecule has 3 aromatic rings. The Morgan fingerprint density at radius 3 is 1.97 bits per heavy atom. The van der Waals surface area contributed by atoms with Gasteiger partial charge in [-0.05, 0) is 46.6 Å². The minimum atomic E-state index is -4.10. The van der Waals surface area contributed by atoms with Crippen LogP contribution < -0.4 is 9.92 Å². The first kappa shape index (κ1) is 22.1. The van der Waals surface area contributed by atoms with E-state index >= 15 is 0 Å². The number of anilines is 1. The van der Waals surface area contributed by atoms with E-state index in [1.165, 1.54) is 6.07 Å². The molecule has 0 fully saturated rings. The van der Waals surface area contributed by atoms with E-state index in [9.17, 15) is 8.42 Å². The summed E-state index contributed by atoms with van der Waals surface area (Å²) in [5.74, 6) is 0.738. The molecule has 0 aliphatic rings. The van der Waals surface area contributed by atoms with Crippen molar-refractivity contribution in [2.45, 2.75) is 64.2 Å². The average molecular weight is 427 g/mol. The first-order valence-corrected chi connectivity index (χ1v) is 11.7. The van der Waals surface area contributed by atoms with Gasteiger partial charge < -0.3 is 9.92 Å². The normalized spacial score (nSPS) is 12.3. The molecule has 0 saturated carbocycles. The highest BCUT2D eigenvalue weighted by atomic mass is 32.2. The molecule has 6 heteroatoms. The molecule has 0 amide bonds. The summed E-state index contributed by atoms with van der Waals surface area (Å²) in [6.45, 7) is 12.2. The smallest absolute Gasteiger partial charge is 0.339 e. The van der Waals surface area contributed by atoms with Crippen molar-refractivity contribution in [1.82, 2.24) is 4.98 Å². The van der Waals surface area contributed by atoms with E-state index in [1.807, 2.05) is 52.0 Å². The summed E-state index contributed by atoms with van der Waals surface area (Å²) >= 11 is 0. The van der Waals surface area contributed by atoms with Crippen LogP contribution in [0, 0.1) is 0 Å². The number of rotatable bonds is 6. The van der Waals surface area contributed by atoms with Gasteiger partial charge in [-0.15, -0.1) is 0 Å². The van der Waals surface area contributed by atoms with Crippen molar-refractivity contribution in [1.29, 1.82) is 0 Å². The molecule has 0 bridgehead atoms. The van der Waals surface area contributed by atoms with Gasteiger partial charge in [0.25, 0.3) is 0 Å². The molecule has 30 heavy (non-hydrogen) atoms. The van der Waals surface area contributed by atoms with Gasteiger partial charge in [-0.25, -0.2) is 4.98 Å². The van der Waals surface area contributed by atoms with Crippen molar-refractivity contribution in [3.8, 4) is 5.75 Å². The highest BCUT2D eigenvalue weighted by Gasteiger charge is 2.29. The quantitative estimate of drug-likeness (QED) is 0.492. The van der Waals surface area contributed by atoms with Crippen molar-refractivity contribution >= 4 is 26.8 Å². The predicted octanol–water partition coefficient (Wildman–Crippen LogP) is 5.95. The van der Waals surface area contributed by atoms with Gasteiger partial charge >= 0.3 is 10.1 Å².